The van der Waals surface area contributed by atoms with Gasteiger partial charge >= 0.3 is 0 Å². The van der Waals surface area contributed by atoms with Crippen LogP contribution in [0.15, 0.2) is 23.1 Å². The summed E-state index contributed by atoms with van der Waals surface area (Å²) in [6.45, 7) is 6.41. The van der Waals surface area contributed by atoms with Gasteiger partial charge in [-0.15, -0.1) is 0 Å². The highest BCUT2D eigenvalue weighted by molar-refractivity contribution is 5.56. The van der Waals surface area contributed by atoms with Crippen molar-refractivity contribution in [1.82, 2.24) is 15.0 Å². The monoisotopic (exact) mass is 342 g/mol. The topological polar surface area (TPSA) is 90.9 Å². The van der Waals surface area contributed by atoms with Crippen LogP contribution in [0.25, 0.3) is 11.4 Å². The van der Waals surface area contributed by atoms with Crippen molar-refractivity contribution in [2.24, 2.45) is 5.41 Å². The van der Waals surface area contributed by atoms with Gasteiger partial charge in [0.05, 0.1) is 6.10 Å². The Bertz CT molecular complexity index is 800. The Labute approximate surface area is 147 Å². The second kappa shape index (κ2) is 6.96. The molecular weight excluding hydrogens is 316 g/mol. The molecule has 6 nitrogen and oxygen atoms in total. The van der Waals surface area contributed by atoms with Crippen molar-refractivity contribution in [2.45, 2.75) is 52.6 Å². The molecule has 3 rings (SSSR count). The summed E-state index contributed by atoms with van der Waals surface area (Å²) in [6, 6.07) is 3.77. The largest absolute Gasteiger partial charge is 0.392 e. The van der Waals surface area contributed by atoms with Gasteiger partial charge in [0, 0.05) is 35.0 Å². The summed E-state index contributed by atoms with van der Waals surface area (Å²) < 4.78 is 0. The Kier molecular flexibility index (Phi) is 4.90. The zero-order valence-electron chi connectivity index (χ0n) is 15.1. The van der Waals surface area contributed by atoms with E-state index in [0.717, 1.165) is 42.8 Å². The molecular formula is C19H26N4O2. The van der Waals surface area contributed by atoms with Crippen LogP contribution in [-0.4, -0.2) is 32.7 Å². The van der Waals surface area contributed by atoms with Crippen LogP contribution in [0.4, 0.5) is 5.82 Å². The molecule has 1 fully saturated rings. The van der Waals surface area contributed by atoms with E-state index in [1.807, 2.05) is 19.1 Å². The molecule has 2 heterocycles. The minimum absolute atomic E-state index is 0.112. The van der Waals surface area contributed by atoms with Gasteiger partial charge in [-0.25, -0.2) is 9.97 Å². The second-order valence-corrected chi connectivity index (χ2v) is 7.33. The molecule has 1 aliphatic carbocycles. The van der Waals surface area contributed by atoms with Gasteiger partial charge in [0.25, 0.3) is 5.56 Å². The van der Waals surface area contributed by atoms with Crippen molar-refractivity contribution in [1.29, 1.82) is 0 Å². The predicted molar refractivity (Wildman–Crippen MR) is 98.6 cm³/mol. The molecule has 0 bridgehead atoms. The normalized spacial score (nSPS) is 23.4. The number of rotatable bonds is 4. The quantitative estimate of drug-likeness (QED) is 0.795. The molecule has 3 N–H and O–H groups in total. The smallest absolute Gasteiger partial charge is 0.254 e. The molecule has 2 aromatic heterocycles. The van der Waals surface area contributed by atoms with Gasteiger partial charge in [0.1, 0.15) is 11.6 Å². The highest BCUT2D eigenvalue weighted by atomic mass is 16.3. The number of nitrogens with one attached hydrogen (secondary N) is 2. The number of hydrogen-bond donors (Lipinski definition) is 3. The Morgan fingerprint density at radius 1 is 1.36 bits per heavy atom. The third-order valence-corrected chi connectivity index (χ3v) is 5.38. The number of aromatic amines is 1. The van der Waals surface area contributed by atoms with E-state index in [4.69, 9.17) is 0 Å². The van der Waals surface area contributed by atoms with Crippen molar-refractivity contribution in [3.05, 3.63) is 39.9 Å². The number of aryl methyl sites for hydroxylation is 1. The van der Waals surface area contributed by atoms with Gasteiger partial charge in [-0.2, -0.15) is 0 Å². The van der Waals surface area contributed by atoms with Crippen LogP contribution in [0.1, 0.15) is 43.9 Å². The van der Waals surface area contributed by atoms with Crippen LogP contribution in [0, 0.1) is 19.3 Å². The molecule has 2 aromatic rings. The number of anilines is 1. The predicted octanol–water partition coefficient (Wildman–Crippen LogP) is 2.80. The number of aliphatic hydroxyl groups excluding tert-OH is 1. The first-order chi connectivity index (χ1) is 11.9. The highest BCUT2D eigenvalue weighted by Gasteiger charge is 2.35. The van der Waals surface area contributed by atoms with E-state index in [0.29, 0.717) is 17.9 Å². The maximum absolute atomic E-state index is 11.9. The summed E-state index contributed by atoms with van der Waals surface area (Å²) >= 11 is 0. The first-order valence-corrected chi connectivity index (χ1v) is 8.85. The fourth-order valence-corrected chi connectivity index (χ4v) is 3.30. The molecule has 2 atom stereocenters. The number of hydrogen-bond acceptors (Lipinski definition) is 5. The van der Waals surface area contributed by atoms with E-state index in [1.54, 1.807) is 13.1 Å². The van der Waals surface area contributed by atoms with Gasteiger partial charge in [0.15, 0.2) is 0 Å². The number of aliphatic hydroxyl groups is 1. The van der Waals surface area contributed by atoms with Crippen LogP contribution >= 0.6 is 0 Å². The van der Waals surface area contributed by atoms with Crippen LogP contribution < -0.4 is 10.9 Å². The summed E-state index contributed by atoms with van der Waals surface area (Å²) in [7, 11) is 0. The second-order valence-electron chi connectivity index (χ2n) is 7.33. The first kappa shape index (κ1) is 17.6. The standard InChI is InChI=1S/C19H26N4O2/c1-12-13(2)22-17(23-18(12)25)14-7-8-16(20-10-14)21-11-19(3)9-5-4-6-15(19)24/h7-8,10,15,24H,4-6,9,11H2,1-3H3,(H,20,21)(H,22,23,25). The Hall–Kier alpha value is -2.21. The molecule has 25 heavy (non-hydrogen) atoms. The molecule has 0 aliphatic heterocycles. The van der Waals surface area contributed by atoms with E-state index in [1.165, 1.54) is 0 Å². The minimum Gasteiger partial charge on any atom is -0.392 e. The fraction of sp³-hybridized carbons (Fsp3) is 0.526. The number of H-pyrrole nitrogens is 1. The lowest BCUT2D eigenvalue weighted by Gasteiger charge is -2.38. The summed E-state index contributed by atoms with van der Waals surface area (Å²) in [5.74, 6) is 1.29. The molecule has 0 saturated heterocycles. The average molecular weight is 342 g/mol. The average Bonchev–Trinajstić information content (AvgIpc) is 2.61. The Balaban J connectivity index is 1.71. The van der Waals surface area contributed by atoms with E-state index < -0.39 is 0 Å². The van der Waals surface area contributed by atoms with Crippen molar-refractivity contribution < 1.29 is 5.11 Å². The maximum Gasteiger partial charge on any atom is 0.254 e. The lowest BCUT2D eigenvalue weighted by atomic mass is 9.73. The number of nitrogens with zero attached hydrogens (tertiary/aromatic N) is 2. The molecule has 134 valence electrons. The SMILES string of the molecule is Cc1nc(-c2ccc(NCC3(C)CCCCC3O)nc2)[nH]c(=O)c1C. The lowest BCUT2D eigenvalue weighted by Crippen LogP contribution is -2.41. The van der Waals surface area contributed by atoms with Gasteiger partial charge in [-0.3, -0.25) is 4.79 Å². The fourth-order valence-electron chi connectivity index (χ4n) is 3.30. The van der Waals surface area contributed by atoms with Crippen LogP contribution in [-0.2, 0) is 0 Å². The van der Waals surface area contributed by atoms with E-state index in [9.17, 15) is 9.90 Å². The third-order valence-electron chi connectivity index (χ3n) is 5.38. The van der Waals surface area contributed by atoms with Gasteiger partial charge in [0.2, 0.25) is 0 Å². The van der Waals surface area contributed by atoms with E-state index >= 15 is 0 Å². The molecule has 1 aliphatic rings. The van der Waals surface area contributed by atoms with E-state index in [2.05, 4.69) is 27.2 Å². The van der Waals surface area contributed by atoms with Gasteiger partial charge in [-0.1, -0.05) is 19.8 Å². The summed E-state index contributed by atoms with van der Waals surface area (Å²) in [5, 5.41) is 13.6. The lowest BCUT2D eigenvalue weighted by molar-refractivity contribution is 0.00958. The first-order valence-electron chi connectivity index (χ1n) is 8.85. The molecule has 1 saturated carbocycles. The summed E-state index contributed by atoms with van der Waals surface area (Å²) in [4.78, 5) is 23.5. The molecule has 0 aromatic carbocycles. The molecule has 6 heteroatoms. The van der Waals surface area contributed by atoms with Crippen molar-refractivity contribution >= 4 is 5.82 Å². The molecule has 2 unspecified atom stereocenters. The van der Waals surface area contributed by atoms with E-state index in [-0.39, 0.29) is 17.1 Å². The Morgan fingerprint density at radius 3 is 2.80 bits per heavy atom. The molecule has 0 amide bonds. The van der Waals surface area contributed by atoms with Crippen molar-refractivity contribution in [3.8, 4) is 11.4 Å². The highest BCUT2D eigenvalue weighted by Crippen LogP contribution is 2.36. The van der Waals surface area contributed by atoms with Crippen molar-refractivity contribution in [2.75, 3.05) is 11.9 Å². The minimum atomic E-state index is -0.266. The van der Waals surface area contributed by atoms with Crippen molar-refractivity contribution in [3.63, 3.8) is 0 Å². The van der Waals surface area contributed by atoms with Crippen LogP contribution in [0.3, 0.4) is 0 Å². The van der Waals surface area contributed by atoms with Gasteiger partial charge < -0.3 is 15.4 Å². The third kappa shape index (κ3) is 3.74. The Morgan fingerprint density at radius 2 is 2.16 bits per heavy atom. The van der Waals surface area contributed by atoms with Gasteiger partial charge in [-0.05, 0) is 38.8 Å². The maximum atomic E-state index is 11.9. The molecule has 0 spiro atoms. The zero-order valence-corrected chi connectivity index (χ0v) is 15.1. The zero-order chi connectivity index (χ0) is 18.0. The van der Waals surface area contributed by atoms with Crippen LogP contribution in [0.2, 0.25) is 0 Å². The molecule has 0 radical (unpaired) electrons. The number of pyridine rings is 1. The summed E-state index contributed by atoms with van der Waals surface area (Å²) in [6.07, 6.45) is 5.59. The summed E-state index contributed by atoms with van der Waals surface area (Å²) in [5.41, 5.74) is 1.90. The number of aromatic nitrogens is 3. The van der Waals surface area contributed by atoms with Crippen LogP contribution in [0.5, 0.6) is 0 Å².